The van der Waals surface area contributed by atoms with Crippen LogP contribution in [0.3, 0.4) is 0 Å². The number of ether oxygens (including phenoxy) is 2. The van der Waals surface area contributed by atoms with Gasteiger partial charge in [0.15, 0.2) is 16.6 Å². The molecule has 1 aliphatic rings. The van der Waals surface area contributed by atoms with Crippen LogP contribution in [0.4, 0.5) is 0 Å². The zero-order valence-electron chi connectivity index (χ0n) is 12.7. The smallest absolute Gasteiger partial charge is 0.340 e. The molecule has 0 bridgehead atoms. The summed E-state index contributed by atoms with van der Waals surface area (Å²) in [6.07, 6.45) is -1.72. The van der Waals surface area contributed by atoms with E-state index in [1.807, 2.05) is 0 Å². The number of hydrogen-bond acceptors (Lipinski definition) is 7. The number of carboxylic acid groups (broad SMARTS) is 1. The predicted octanol–water partition coefficient (Wildman–Crippen LogP) is -0.417. The zero-order valence-corrected chi connectivity index (χ0v) is 13.5. The van der Waals surface area contributed by atoms with Gasteiger partial charge in [-0.25, -0.2) is 4.79 Å². The lowest BCUT2D eigenvalue weighted by atomic mass is 9.89. The molecule has 0 aromatic heterocycles. The summed E-state index contributed by atoms with van der Waals surface area (Å²) in [7, 11) is 2.56. The van der Waals surface area contributed by atoms with E-state index in [9.17, 15) is 24.6 Å². The van der Waals surface area contributed by atoms with Crippen molar-refractivity contribution in [1.29, 1.82) is 0 Å². The molecule has 1 atom stereocenters. The van der Waals surface area contributed by atoms with Crippen LogP contribution in [0.5, 0.6) is 11.5 Å². The van der Waals surface area contributed by atoms with Gasteiger partial charge in [-0.3, -0.25) is 9.59 Å². The average Bonchev–Trinajstić information content (AvgIpc) is 2.51. The van der Waals surface area contributed by atoms with E-state index < -0.39 is 35.4 Å². The van der Waals surface area contributed by atoms with Crippen molar-refractivity contribution >= 4 is 35.1 Å². The molecule has 128 valence electrons. The molecule has 10 heteroatoms. The summed E-state index contributed by atoms with van der Waals surface area (Å²) in [5.41, 5.74) is -0.568. The normalized spacial score (nSPS) is 16.2. The monoisotopic (exact) mass is 354 g/mol. The fourth-order valence-electron chi connectivity index (χ4n) is 2.41. The van der Waals surface area contributed by atoms with Gasteiger partial charge in [0.1, 0.15) is 17.6 Å². The van der Waals surface area contributed by atoms with Crippen LogP contribution in [0.25, 0.3) is 0 Å². The summed E-state index contributed by atoms with van der Waals surface area (Å²) >= 11 is 4.68. The number of methoxy groups -OCH3 is 2. The molecule has 0 aliphatic carbocycles. The van der Waals surface area contributed by atoms with Crippen LogP contribution >= 0.6 is 12.2 Å². The number of carbonyl (C=O) groups excluding carboxylic acids is 2. The van der Waals surface area contributed by atoms with Gasteiger partial charge in [-0.15, -0.1) is 0 Å². The van der Waals surface area contributed by atoms with Crippen LogP contribution in [0.15, 0.2) is 12.1 Å². The van der Waals surface area contributed by atoms with Gasteiger partial charge in [-0.05, 0) is 18.3 Å². The zero-order chi connectivity index (χ0) is 18.0. The van der Waals surface area contributed by atoms with E-state index in [1.165, 1.54) is 26.4 Å². The lowest BCUT2D eigenvalue weighted by molar-refractivity contribution is -0.140. The van der Waals surface area contributed by atoms with Crippen molar-refractivity contribution < 1.29 is 34.1 Å². The van der Waals surface area contributed by atoms with Crippen molar-refractivity contribution in [3.63, 3.8) is 0 Å². The molecular formula is C14H14N2O7S. The van der Waals surface area contributed by atoms with E-state index in [1.54, 1.807) is 0 Å². The van der Waals surface area contributed by atoms with Crippen LogP contribution in [0.1, 0.15) is 22.0 Å². The summed E-state index contributed by atoms with van der Waals surface area (Å²) in [6, 6.07) is 2.62. The molecule has 9 nitrogen and oxygen atoms in total. The Balaban J connectivity index is 2.55. The maximum absolute atomic E-state index is 12.0. The number of thiocarbonyl (C=S) groups is 1. The van der Waals surface area contributed by atoms with Gasteiger partial charge < -0.3 is 30.3 Å². The number of aromatic carboxylic acids is 1. The van der Waals surface area contributed by atoms with Crippen molar-refractivity contribution in [2.75, 3.05) is 14.2 Å². The van der Waals surface area contributed by atoms with Crippen molar-refractivity contribution in [3.8, 4) is 11.5 Å². The van der Waals surface area contributed by atoms with Crippen molar-refractivity contribution in [3.05, 3.63) is 23.3 Å². The quantitative estimate of drug-likeness (QED) is 0.414. The fourth-order valence-corrected chi connectivity index (χ4v) is 2.61. The number of carboxylic acids is 1. The highest BCUT2D eigenvalue weighted by Gasteiger charge is 2.41. The van der Waals surface area contributed by atoms with E-state index in [0.29, 0.717) is 0 Å². The highest BCUT2D eigenvalue weighted by molar-refractivity contribution is 7.80. The van der Waals surface area contributed by atoms with Gasteiger partial charge in [0.25, 0.3) is 0 Å². The molecule has 24 heavy (non-hydrogen) atoms. The first-order valence-electron chi connectivity index (χ1n) is 6.63. The molecule has 2 amide bonds. The third-order valence-electron chi connectivity index (χ3n) is 3.46. The van der Waals surface area contributed by atoms with E-state index >= 15 is 0 Å². The molecule has 1 aliphatic heterocycles. The second-order valence-corrected chi connectivity index (χ2v) is 5.21. The second kappa shape index (κ2) is 6.81. The number of aliphatic hydroxyl groups is 1. The Morgan fingerprint density at radius 1 is 1.21 bits per heavy atom. The first-order chi connectivity index (χ1) is 11.3. The standard InChI is InChI=1S/C14H14N2O7S/c1-22-6-4-3-5(7(13(20)21)10(6)23-2)9(17)8-11(18)15-14(24)16-12(8)19/h3-4,8-9,17H,1-2H3,(H,20,21)(H2,15,16,18,19,24)/t9-/m1/s1. The van der Waals surface area contributed by atoms with Gasteiger partial charge in [0.05, 0.1) is 14.2 Å². The topological polar surface area (TPSA) is 134 Å². The van der Waals surface area contributed by atoms with Crippen molar-refractivity contribution in [2.45, 2.75) is 6.10 Å². The molecular weight excluding hydrogens is 340 g/mol. The molecule has 2 rings (SSSR count). The van der Waals surface area contributed by atoms with Gasteiger partial charge in [0, 0.05) is 5.56 Å². The summed E-state index contributed by atoms with van der Waals surface area (Å²) in [6.45, 7) is 0. The summed E-state index contributed by atoms with van der Waals surface area (Å²) in [5.74, 6) is -4.64. The van der Waals surface area contributed by atoms with Gasteiger partial charge in [-0.1, -0.05) is 6.07 Å². The number of benzene rings is 1. The molecule has 1 aromatic rings. The number of hydrogen-bond donors (Lipinski definition) is 4. The Bertz CT molecular complexity index is 714. The molecule has 0 saturated carbocycles. The molecule has 1 saturated heterocycles. The highest BCUT2D eigenvalue weighted by atomic mass is 32.1. The Hall–Kier alpha value is -2.72. The maximum atomic E-state index is 12.0. The molecule has 1 aromatic carbocycles. The number of rotatable bonds is 5. The van der Waals surface area contributed by atoms with E-state index in [2.05, 4.69) is 22.9 Å². The fraction of sp³-hybridized carbons (Fsp3) is 0.286. The SMILES string of the molecule is COc1ccc([C@@H](O)C2C(=O)NC(=S)NC2=O)c(C(=O)O)c1OC. The predicted molar refractivity (Wildman–Crippen MR) is 83.8 cm³/mol. The van der Waals surface area contributed by atoms with Crippen LogP contribution in [0.2, 0.25) is 0 Å². The van der Waals surface area contributed by atoms with Gasteiger partial charge >= 0.3 is 5.97 Å². The Morgan fingerprint density at radius 2 is 1.79 bits per heavy atom. The third-order valence-corrected chi connectivity index (χ3v) is 3.67. The number of amides is 2. The summed E-state index contributed by atoms with van der Waals surface area (Å²) in [5, 5.41) is 24.1. The highest BCUT2D eigenvalue weighted by Crippen LogP contribution is 2.38. The van der Waals surface area contributed by atoms with Crippen LogP contribution in [0, 0.1) is 5.92 Å². The first-order valence-corrected chi connectivity index (χ1v) is 7.04. The second-order valence-electron chi connectivity index (χ2n) is 4.80. The molecule has 0 spiro atoms. The Labute approximate surface area is 141 Å². The van der Waals surface area contributed by atoms with Crippen LogP contribution < -0.4 is 20.1 Å². The lowest BCUT2D eigenvalue weighted by Crippen LogP contribution is -2.57. The molecule has 0 unspecified atom stereocenters. The maximum Gasteiger partial charge on any atom is 0.340 e. The Kier molecular flexibility index (Phi) is 5.00. The number of nitrogens with one attached hydrogen (secondary N) is 2. The summed E-state index contributed by atoms with van der Waals surface area (Å²) in [4.78, 5) is 35.5. The largest absolute Gasteiger partial charge is 0.493 e. The molecule has 4 N–H and O–H groups in total. The molecule has 0 radical (unpaired) electrons. The minimum Gasteiger partial charge on any atom is -0.493 e. The van der Waals surface area contributed by atoms with Crippen LogP contribution in [-0.4, -0.2) is 47.3 Å². The Morgan fingerprint density at radius 3 is 2.25 bits per heavy atom. The van der Waals surface area contributed by atoms with Crippen LogP contribution in [-0.2, 0) is 9.59 Å². The van der Waals surface area contributed by atoms with Gasteiger partial charge in [0.2, 0.25) is 11.8 Å². The molecule has 1 fully saturated rings. The van der Waals surface area contributed by atoms with Gasteiger partial charge in [-0.2, -0.15) is 0 Å². The van der Waals surface area contributed by atoms with E-state index in [-0.39, 0.29) is 22.2 Å². The average molecular weight is 354 g/mol. The van der Waals surface area contributed by atoms with E-state index in [0.717, 1.165) is 0 Å². The lowest BCUT2D eigenvalue weighted by Gasteiger charge is -2.27. The van der Waals surface area contributed by atoms with Crippen molar-refractivity contribution in [1.82, 2.24) is 10.6 Å². The number of carbonyl (C=O) groups is 3. The van der Waals surface area contributed by atoms with Crippen molar-refractivity contribution in [2.24, 2.45) is 5.92 Å². The first kappa shape index (κ1) is 17.6. The molecule has 1 heterocycles. The minimum atomic E-state index is -1.72. The number of aliphatic hydroxyl groups excluding tert-OH is 1. The minimum absolute atomic E-state index is 0.129. The third kappa shape index (κ3) is 3.01. The summed E-state index contributed by atoms with van der Waals surface area (Å²) < 4.78 is 10.1. The van der Waals surface area contributed by atoms with E-state index in [4.69, 9.17) is 9.47 Å².